The molecule has 1 aromatic rings. The minimum absolute atomic E-state index is 0.0659. The first kappa shape index (κ1) is 11.8. The van der Waals surface area contributed by atoms with Gasteiger partial charge in [-0.05, 0) is 6.42 Å². The summed E-state index contributed by atoms with van der Waals surface area (Å²) in [5.41, 5.74) is 0. The van der Waals surface area contributed by atoms with Crippen molar-refractivity contribution in [2.45, 2.75) is 39.7 Å². The van der Waals surface area contributed by atoms with Gasteiger partial charge in [-0.1, -0.05) is 20.3 Å². The molecule has 1 aromatic heterocycles. The second kappa shape index (κ2) is 6.22. The van der Waals surface area contributed by atoms with Crippen molar-refractivity contribution in [2.75, 3.05) is 6.54 Å². The molecule has 0 aliphatic rings. The zero-order valence-corrected chi connectivity index (χ0v) is 9.49. The van der Waals surface area contributed by atoms with Gasteiger partial charge in [0.15, 0.2) is 0 Å². The van der Waals surface area contributed by atoms with E-state index in [4.69, 9.17) is 0 Å². The van der Waals surface area contributed by atoms with Gasteiger partial charge in [-0.3, -0.25) is 4.79 Å². The number of imidazole rings is 1. The molecule has 0 saturated carbocycles. The van der Waals surface area contributed by atoms with E-state index in [1.807, 2.05) is 17.7 Å². The molecular formula is C11H19N3O. The quantitative estimate of drug-likeness (QED) is 0.719. The SMILES string of the molecule is CCCCNC(=O)Cn1ccnc1CC. The van der Waals surface area contributed by atoms with Crippen LogP contribution in [-0.2, 0) is 17.8 Å². The summed E-state index contributed by atoms with van der Waals surface area (Å²) in [6.07, 6.45) is 6.58. The predicted molar refractivity (Wildman–Crippen MR) is 59.5 cm³/mol. The average molecular weight is 209 g/mol. The Morgan fingerprint density at radius 2 is 2.33 bits per heavy atom. The minimum atomic E-state index is 0.0659. The fourth-order valence-corrected chi connectivity index (χ4v) is 1.41. The molecule has 15 heavy (non-hydrogen) atoms. The van der Waals surface area contributed by atoms with E-state index in [9.17, 15) is 4.79 Å². The van der Waals surface area contributed by atoms with E-state index >= 15 is 0 Å². The third kappa shape index (κ3) is 3.73. The Bertz CT molecular complexity index is 307. The largest absolute Gasteiger partial charge is 0.355 e. The van der Waals surface area contributed by atoms with E-state index in [0.717, 1.165) is 31.6 Å². The van der Waals surface area contributed by atoms with Crippen LogP contribution in [0.1, 0.15) is 32.5 Å². The monoisotopic (exact) mass is 209 g/mol. The molecule has 4 nitrogen and oxygen atoms in total. The van der Waals surface area contributed by atoms with Crippen LogP contribution in [0.2, 0.25) is 0 Å². The number of aromatic nitrogens is 2. The molecule has 4 heteroatoms. The Morgan fingerprint density at radius 1 is 1.53 bits per heavy atom. The van der Waals surface area contributed by atoms with Crippen LogP contribution >= 0.6 is 0 Å². The molecule has 1 rings (SSSR count). The van der Waals surface area contributed by atoms with Crippen LogP contribution in [0, 0.1) is 0 Å². The van der Waals surface area contributed by atoms with Gasteiger partial charge in [0.1, 0.15) is 12.4 Å². The molecule has 0 spiro atoms. The first-order chi connectivity index (χ1) is 7.27. The van der Waals surface area contributed by atoms with Gasteiger partial charge in [0, 0.05) is 25.4 Å². The highest BCUT2D eigenvalue weighted by Gasteiger charge is 2.05. The van der Waals surface area contributed by atoms with Crippen molar-refractivity contribution in [3.05, 3.63) is 18.2 Å². The highest BCUT2D eigenvalue weighted by molar-refractivity contribution is 5.75. The van der Waals surface area contributed by atoms with Crippen LogP contribution in [-0.4, -0.2) is 22.0 Å². The molecule has 84 valence electrons. The van der Waals surface area contributed by atoms with E-state index in [1.54, 1.807) is 6.20 Å². The van der Waals surface area contributed by atoms with Gasteiger partial charge in [0.25, 0.3) is 0 Å². The zero-order valence-electron chi connectivity index (χ0n) is 9.49. The van der Waals surface area contributed by atoms with E-state index in [0.29, 0.717) is 6.54 Å². The predicted octanol–water partition coefficient (Wildman–Crippen LogP) is 1.36. The molecular weight excluding hydrogens is 190 g/mol. The molecule has 0 bridgehead atoms. The number of nitrogens with one attached hydrogen (secondary N) is 1. The maximum atomic E-state index is 11.5. The lowest BCUT2D eigenvalue weighted by Crippen LogP contribution is -2.28. The third-order valence-electron chi connectivity index (χ3n) is 2.28. The lowest BCUT2D eigenvalue weighted by molar-refractivity contribution is -0.121. The number of nitrogens with zero attached hydrogens (tertiary/aromatic N) is 2. The van der Waals surface area contributed by atoms with Crippen LogP contribution in [0.5, 0.6) is 0 Å². The van der Waals surface area contributed by atoms with Gasteiger partial charge in [-0.15, -0.1) is 0 Å². The Balaban J connectivity index is 2.37. The van der Waals surface area contributed by atoms with Gasteiger partial charge < -0.3 is 9.88 Å². The number of hydrogen-bond acceptors (Lipinski definition) is 2. The molecule has 0 aromatic carbocycles. The molecule has 0 unspecified atom stereocenters. The highest BCUT2D eigenvalue weighted by atomic mass is 16.1. The van der Waals surface area contributed by atoms with Crippen LogP contribution in [0.3, 0.4) is 0 Å². The third-order valence-corrected chi connectivity index (χ3v) is 2.28. The summed E-state index contributed by atoms with van der Waals surface area (Å²) in [6, 6.07) is 0. The van der Waals surface area contributed by atoms with Crippen molar-refractivity contribution in [2.24, 2.45) is 0 Å². The normalized spacial score (nSPS) is 10.3. The molecule has 0 fully saturated rings. The van der Waals surface area contributed by atoms with E-state index in [-0.39, 0.29) is 5.91 Å². The minimum Gasteiger partial charge on any atom is -0.355 e. The summed E-state index contributed by atoms with van der Waals surface area (Å²) in [6.45, 7) is 5.30. The van der Waals surface area contributed by atoms with Gasteiger partial charge in [0.2, 0.25) is 5.91 Å². The number of hydrogen-bond donors (Lipinski definition) is 1. The van der Waals surface area contributed by atoms with E-state index in [2.05, 4.69) is 17.2 Å². The van der Waals surface area contributed by atoms with Crippen molar-refractivity contribution in [1.29, 1.82) is 0 Å². The molecule has 0 aliphatic carbocycles. The summed E-state index contributed by atoms with van der Waals surface area (Å²) in [5, 5.41) is 2.89. The number of amides is 1. The number of aryl methyl sites for hydroxylation is 1. The standard InChI is InChI=1S/C11H19N3O/c1-3-5-6-13-11(15)9-14-8-7-12-10(14)4-2/h7-8H,3-6,9H2,1-2H3,(H,13,15). The second-order valence-corrected chi connectivity index (χ2v) is 3.53. The molecule has 0 atom stereocenters. The van der Waals surface area contributed by atoms with Crippen LogP contribution in [0.15, 0.2) is 12.4 Å². The lowest BCUT2D eigenvalue weighted by atomic mass is 10.3. The Labute approximate surface area is 90.7 Å². The van der Waals surface area contributed by atoms with Gasteiger partial charge in [-0.25, -0.2) is 4.98 Å². The Hall–Kier alpha value is -1.32. The molecule has 1 amide bonds. The van der Waals surface area contributed by atoms with Crippen LogP contribution in [0.25, 0.3) is 0 Å². The first-order valence-corrected chi connectivity index (χ1v) is 5.54. The summed E-state index contributed by atoms with van der Waals surface area (Å²) in [4.78, 5) is 15.7. The molecule has 1 heterocycles. The topological polar surface area (TPSA) is 46.9 Å². The summed E-state index contributed by atoms with van der Waals surface area (Å²) < 4.78 is 1.89. The molecule has 1 N–H and O–H groups in total. The van der Waals surface area contributed by atoms with E-state index in [1.165, 1.54) is 0 Å². The first-order valence-electron chi connectivity index (χ1n) is 5.54. The van der Waals surface area contributed by atoms with Crippen molar-refractivity contribution >= 4 is 5.91 Å². The number of unbranched alkanes of at least 4 members (excludes halogenated alkanes) is 1. The van der Waals surface area contributed by atoms with Crippen molar-refractivity contribution in [3.8, 4) is 0 Å². The fourth-order valence-electron chi connectivity index (χ4n) is 1.41. The summed E-state index contributed by atoms with van der Waals surface area (Å²) >= 11 is 0. The number of carbonyl (C=O) groups excluding carboxylic acids is 1. The van der Waals surface area contributed by atoms with E-state index < -0.39 is 0 Å². The summed E-state index contributed by atoms with van der Waals surface area (Å²) in [5.74, 6) is 1.02. The van der Waals surface area contributed by atoms with Crippen molar-refractivity contribution in [3.63, 3.8) is 0 Å². The fraction of sp³-hybridized carbons (Fsp3) is 0.636. The Morgan fingerprint density at radius 3 is 3.00 bits per heavy atom. The zero-order chi connectivity index (χ0) is 11.1. The van der Waals surface area contributed by atoms with Gasteiger partial charge in [-0.2, -0.15) is 0 Å². The smallest absolute Gasteiger partial charge is 0.239 e. The molecule has 0 radical (unpaired) electrons. The maximum absolute atomic E-state index is 11.5. The summed E-state index contributed by atoms with van der Waals surface area (Å²) in [7, 11) is 0. The molecule has 0 aliphatic heterocycles. The number of rotatable bonds is 6. The highest BCUT2D eigenvalue weighted by Crippen LogP contribution is 1.97. The maximum Gasteiger partial charge on any atom is 0.239 e. The van der Waals surface area contributed by atoms with Crippen molar-refractivity contribution in [1.82, 2.24) is 14.9 Å². The molecule has 0 saturated heterocycles. The van der Waals surface area contributed by atoms with Gasteiger partial charge in [0.05, 0.1) is 0 Å². The average Bonchev–Trinajstić information content (AvgIpc) is 2.65. The van der Waals surface area contributed by atoms with Crippen molar-refractivity contribution < 1.29 is 4.79 Å². The second-order valence-electron chi connectivity index (χ2n) is 3.53. The van der Waals surface area contributed by atoms with Crippen LogP contribution < -0.4 is 5.32 Å². The number of carbonyl (C=O) groups is 1. The van der Waals surface area contributed by atoms with Gasteiger partial charge >= 0.3 is 0 Å². The lowest BCUT2D eigenvalue weighted by Gasteiger charge is -2.07. The van der Waals surface area contributed by atoms with Crippen LogP contribution in [0.4, 0.5) is 0 Å². The Kier molecular flexibility index (Phi) is 4.87.